The zero-order valence-electron chi connectivity index (χ0n) is 36.1. The summed E-state index contributed by atoms with van der Waals surface area (Å²) in [6.45, 7) is 11.6. The molecular weight excluding hydrogens is 747 g/mol. The van der Waals surface area contributed by atoms with Gasteiger partial charge in [0.05, 0.1) is 5.41 Å². The van der Waals surface area contributed by atoms with Gasteiger partial charge >= 0.3 is 0 Å². The van der Waals surface area contributed by atoms with Crippen LogP contribution < -0.4 is 4.90 Å². The Balaban J connectivity index is 1.07. The standard InChI is InChI=1S/C61H49N/c1-38-25-32-51-56(35-38)61(53-23-12-10-21-50(53)57-39(2)15-13-24-54(57)61)59-47(33-26-40(3)58(51)59)43-18-14-19-45(36-43)62(44-29-27-42(28-30-44)41-16-7-6-8-17-41)46-31-34-49-48-20-9-11-22-52(48)60(4,5)55(49)37-46/h6-27,29-37,42H,28H2,1-5H3. The molecule has 0 saturated heterocycles. The number of aryl methyl sites for hydroxylation is 3. The molecule has 4 aliphatic rings. The summed E-state index contributed by atoms with van der Waals surface area (Å²) in [7, 11) is 0. The molecule has 1 spiro atoms. The number of hydrogen-bond donors (Lipinski definition) is 0. The maximum absolute atomic E-state index is 2.51. The monoisotopic (exact) mass is 795 g/mol. The summed E-state index contributed by atoms with van der Waals surface area (Å²) in [6, 6.07) is 64.5. The molecule has 0 fully saturated rings. The van der Waals surface area contributed by atoms with Gasteiger partial charge in [-0.05, 0) is 152 Å². The van der Waals surface area contributed by atoms with Gasteiger partial charge < -0.3 is 4.90 Å². The van der Waals surface area contributed by atoms with E-state index in [9.17, 15) is 0 Å². The minimum Gasteiger partial charge on any atom is -0.311 e. The van der Waals surface area contributed by atoms with Gasteiger partial charge in [0.1, 0.15) is 0 Å². The minimum absolute atomic E-state index is 0.110. The van der Waals surface area contributed by atoms with Crippen LogP contribution in [0.25, 0.3) is 44.5 Å². The van der Waals surface area contributed by atoms with Crippen molar-refractivity contribution < 1.29 is 0 Å². The number of benzene rings is 8. The molecule has 4 aliphatic carbocycles. The van der Waals surface area contributed by atoms with Gasteiger partial charge in [0, 0.05) is 28.4 Å². The molecule has 62 heavy (non-hydrogen) atoms. The van der Waals surface area contributed by atoms with Crippen LogP contribution in [0.1, 0.15) is 81.8 Å². The van der Waals surface area contributed by atoms with E-state index < -0.39 is 5.41 Å². The summed E-state index contributed by atoms with van der Waals surface area (Å²) >= 11 is 0. The van der Waals surface area contributed by atoms with E-state index >= 15 is 0 Å². The third kappa shape index (κ3) is 5.09. The van der Waals surface area contributed by atoms with Crippen LogP contribution in [0.5, 0.6) is 0 Å². The Labute approximate surface area is 366 Å². The summed E-state index contributed by atoms with van der Waals surface area (Å²) in [4.78, 5) is 2.51. The molecule has 0 saturated carbocycles. The Morgan fingerprint density at radius 1 is 0.484 bits per heavy atom. The number of hydrogen-bond acceptors (Lipinski definition) is 1. The Morgan fingerprint density at radius 3 is 1.97 bits per heavy atom. The first-order chi connectivity index (χ1) is 30.2. The van der Waals surface area contributed by atoms with Crippen LogP contribution in [0.3, 0.4) is 0 Å². The highest BCUT2D eigenvalue weighted by molar-refractivity contribution is 6.00. The van der Waals surface area contributed by atoms with Crippen LogP contribution in [0, 0.1) is 20.8 Å². The molecule has 8 aromatic rings. The lowest BCUT2D eigenvalue weighted by Crippen LogP contribution is -2.27. The molecule has 298 valence electrons. The van der Waals surface area contributed by atoms with Crippen LogP contribution >= 0.6 is 0 Å². The summed E-state index contributed by atoms with van der Waals surface area (Å²) in [5.41, 5.74) is 27.2. The second-order valence-corrected chi connectivity index (χ2v) is 18.5. The van der Waals surface area contributed by atoms with Crippen molar-refractivity contribution >= 4 is 11.4 Å². The molecule has 8 aromatic carbocycles. The van der Waals surface area contributed by atoms with E-state index in [4.69, 9.17) is 0 Å². The maximum atomic E-state index is 2.51. The van der Waals surface area contributed by atoms with Crippen molar-refractivity contribution in [3.05, 3.63) is 249 Å². The number of anilines is 2. The van der Waals surface area contributed by atoms with Gasteiger partial charge in [-0.2, -0.15) is 0 Å². The van der Waals surface area contributed by atoms with E-state index in [0.29, 0.717) is 5.92 Å². The second kappa shape index (κ2) is 13.5. The first-order valence-electron chi connectivity index (χ1n) is 22.3. The Hall–Kier alpha value is -6.96. The fraction of sp³-hybridized carbons (Fsp3) is 0.148. The van der Waals surface area contributed by atoms with Gasteiger partial charge in [-0.1, -0.05) is 177 Å². The maximum Gasteiger partial charge on any atom is 0.0731 e. The predicted octanol–water partition coefficient (Wildman–Crippen LogP) is 15.7. The topological polar surface area (TPSA) is 3.24 Å². The number of nitrogens with zero attached hydrogens (tertiary/aromatic N) is 1. The minimum atomic E-state index is -0.451. The lowest BCUT2D eigenvalue weighted by atomic mass is 9.68. The Morgan fingerprint density at radius 2 is 1.15 bits per heavy atom. The van der Waals surface area contributed by atoms with Gasteiger partial charge in [0.15, 0.2) is 0 Å². The molecule has 12 rings (SSSR count). The van der Waals surface area contributed by atoms with Crippen molar-refractivity contribution in [2.24, 2.45) is 0 Å². The summed E-state index contributed by atoms with van der Waals surface area (Å²) in [6.07, 6.45) is 8.15. The highest BCUT2D eigenvalue weighted by Gasteiger charge is 2.53. The molecule has 0 heterocycles. The van der Waals surface area contributed by atoms with E-state index in [-0.39, 0.29) is 5.41 Å². The summed E-state index contributed by atoms with van der Waals surface area (Å²) < 4.78 is 0. The normalized spacial score (nSPS) is 18.1. The first-order valence-corrected chi connectivity index (χ1v) is 22.3. The Kier molecular flexibility index (Phi) is 8.04. The largest absolute Gasteiger partial charge is 0.311 e. The summed E-state index contributed by atoms with van der Waals surface area (Å²) in [5.74, 6) is 0.346. The average Bonchev–Trinajstić information content (AvgIpc) is 3.86. The van der Waals surface area contributed by atoms with Crippen LogP contribution in [-0.4, -0.2) is 0 Å². The fourth-order valence-electron chi connectivity index (χ4n) is 11.9. The van der Waals surface area contributed by atoms with E-state index in [1.807, 2.05) is 0 Å². The third-order valence-corrected chi connectivity index (χ3v) is 14.7. The third-order valence-electron chi connectivity index (χ3n) is 14.7. The Bertz CT molecular complexity index is 3230. The molecule has 2 atom stereocenters. The SMILES string of the molecule is Cc1ccc2c(c1)C1(c3ccccc3-c3c(C)cccc31)c1c(-c3cccc(N(C4=CCC(c5ccccc5)C=C4)c4ccc5c(c4)C(C)(C)c4ccccc4-5)c3)ccc(C)c1-2. The van der Waals surface area contributed by atoms with Crippen LogP contribution in [-0.2, 0) is 10.8 Å². The first kappa shape index (κ1) is 36.9. The zero-order chi connectivity index (χ0) is 41.9. The second-order valence-electron chi connectivity index (χ2n) is 18.5. The molecular formula is C61H49N. The predicted molar refractivity (Wildman–Crippen MR) is 260 cm³/mol. The lowest BCUT2D eigenvalue weighted by molar-refractivity contribution is 0.660. The molecule has 0 amide bonds. The van der Waals surface area contributed by atoms with Gasteiger partial charge in [0.2, 0.25) is 0 Å². The zero-order valence-corrected chi connectivity index (χ0v) is 36.1. The van der Waals surface area contributed by atoms with E-state index in [1.54, 1.807) is 0 Å². The van der Waals surface area contributed by atoms with Crippen molar-refractivity contribution in [2.45, 2.75) is 57.8 Å². The van der Waals surface area contributed by atoms with Gasteiger partial charge in [-0.15, -0.1) is 0 Å². The molecule has 2 unspecified atom stereocenters. The quantitative estimate of drug-likeness (QED) is 0.168. The smallest absolute Gasteiger partial charge is 0.0731 e. The van der Waals surface area contributed by atoms with Gasteiger partial charge in [-0.3, -0.25) is 0 Å². The molecule has 0 aliphatic heterocycles. The fourth-order valence-corrected chi connectivity index (χ4v) is 11.9. The highest BCUT2D eigenvalue weighted by Crippen LogP contribution is 2.65. The van der Waals surface area contributed by atoms with E-state index in [1.165, 1.54) is 112 Å². The van der Waals surface area contributed by atoms with Crippen LogP contribution in [0.2, 0.25) is 0 Å². The van der Waals surface area contributed by atoms with Gasteiger partial charge in [-0.25, -0.2) is 0 Å². The lowest BCUT2D eigenvalue weighted by Gasteiger charge is -2.33. The van der Waals surface area contributed by atoms with E-state index in [2.05, 4.69) is 228 Å². The molecule has 0 N–H and O–H groups in total. The average molecular weight is 796 g/mol. The van der Waals surface area contributed by atoms with E-state index in [0.717, 1.165) is 12.1 Å². The van der Waals surface area contributed by atoms with Crippen LogP contribution in [0.15, 0.2) is 194 Å². The van der Waals surface area contributed by atoms with Crippen molar-refractivity contribution in [3.63, 3.8) is 0 Å². The number of rotatable bonds is 5. The van der Waals surface area contributed by atoms with Crippen LogP contribution in [0.4, 0.5) is 11.4 Å². The van der Waals surface area contributed by atoms with Crippen molar-refractivity contribution in [3.8, 4) is 44.5 Å². The summed E-state index contributed by atoms with van der Waals surface area (Å²) in [5, 5.41) is 0. The molecule has 0 bridgehead atoms. The molecule has 0 radical (unpaired) electrons. The number of fused-ring (bicyclic) bond motifs is 13. The van der Waals surface area contributed by atoms with Crippen molar-refractivity contribution in [1.29, 1.82) is 0 Å². The highest BCUT2D eigenvalue weighted by atomic mass is 15.1. The number of allylic oxidation sites excluding steroid dienone is 3. The molecule has 1 nitrogen and oxygen atoms in total. The molecule has 0 aromatic heterocycles. The molecule has 1 heteroatoms. The van der Waals surface area contributed by atoms with Crippen molar-refractivity contribution in [2.75, 3.05) is 4.90 Å². The van der Waals surface area contributed by atoms with Gasteiger partial charge in [0.25, 0.3) is 0 Å². The van der Waals surface area contributed by atoms with Crippen molar-refractivity contribution in [1.82, 2.24) is 0 Å².